The van der Waals surface area contributed by atoms with Crippen LogP contribution < -0.4 is 0 Å². The number of rotatable bonds is 5. The molecule has 0 aliphatic rings. The van der Waals surface area contributed by atoms with Gasteiger partial charge < -0.3 is 5.11 Å². The number of aliphatic hydroxyl groups is 1. The Kier molecular flexibility index (Phi) is 6.06. The molecule has 1 nitrogen and oxygen atoms in total. The lowest BCUT2D eigenvalue weighted by Gasteiger charge is -2.14. The van der Waals surface area contributed by atoms with Crippen molar-refractivity contribution >= 4 is 11.8 Å². The SMILES string of the molecule is CC(O)CCSC(C)C(C)C. The fourth-order valence-corrected chi connectivity index (χ4v) is 1.85. The lowest BCUT2D eigenvalue weighted by Crippen LogP contribution is -2.08. The van der Waals surface area contributed by atoms with E-state index in [2.05, 4.69) is 20.8 Å². The Morgan fingerprint density at radius 2 is 1.73 bits per heavy atom. The quantitative estimate of drug-likeness (QED) is 0.694. The van der Waals surface area contributed by atoms with Crippen molar-refractivity contribution in [2.45, 2.75) is 45.5 Å². The van der Waals surface area contributed by atoms with Crippen molar-refractivity contribution in [3.05, 3.63) is 0 Å². The Morgan fingerprint density at radius 3 is 2.09 bits per heavy atom. The minimum atomic E-state index is -0.137. The van der Waals surface area contributed by atoms with Gasteiger partial charge in [0.15, 0.2) is 0 Å². The smallest absolute Gasteiger partial charge is 0.0520 e. The molecule has 2 atom stereocenters. The molecule has 1 N–H and O–H groups in total. The highest BCUT2D eigenvalue weighted by Gasteiger charge is 2.07. The predicted octanol–water partition coefficient (Wildman–Crippen LogP) is 2.54. The van der Waals surface area contributed by atoms with E-state index in [-0.39, 0.29) is 6.10 Å². The van der Waals surface area contributed by atoms with Crippen LogP contribution in [0, 0.1) is 5.92 Å². The van der Waals surface area contributed by atoms with Crippen molar-refractivity contribution in [3.63, 3.8) is 0 Å². The second-order valence-electron chi connectivity index (χ2n) is 3.46. The van der Waals surface area contributed by atoms with Gasteiger partial charge in [0.05, 0.1) is 6.10 Å². The van der Waals surface area contributed by atoms with E-state index in [0.29, 0.717) is 5.25 Å². The van der Waals surface area contributed by atoms with Crippen LogP contribution in [0.1, 0.15) is 34.1 Å². The Bertz CT molecular complexity index is 91.6. The first-order valence-corrected chi connectivity index (χ1v) is 5.38. The number of hydrogen-bond acceptors (Lipinski definition) is 2. The molecule has 0 fully saturated rings. The van der Waals surface area contributed by atoms with E-state index in [1.54, 1.807) is 0 Å². The van der Waals surface area contributed by atoms with Crippen LogP contribution in [0.5, 0.6) is 0 Å². The Morgan fingerprint density at radius 1 is 1.18 bits per heavy atom. The maximum Gasteiger partial charge on any atom is 0.0520 e. The minimum Gasteiger partial charge on any atom is -0.393 e. The van der Waals surface area contributed by atoms with Gasteiger partial charge in [-0.15, -0.1) is 0 Å². The second kappa shape index (κ2) is 5.90. The van der Waals surface area contributed by atoms with Crippen molar-refractivity contribution in [1.82, 2.24) is 0 Å². The molecule has 0 aliphatic heterocycles. The monoisotopic (exact) mass is 176 g/mol. The van der Waals surface area contributed by atoms with E-state index in [1.165, 1.54) is 0 Å². The molecule has 2 heteroatoms. The predicted molar refractivity (Wildman–Crippen MR) is 53.1 cm³/mol. The molecule has 0 rings (SSSR count). The molecule has 0 aliphatic carbocycles. The topological polar surface area (TPSA) is 20.2 Å². The van der Waals surface area contributed by atoms with Gasteiger partial charge in [0, 0.05) is 5.25 Å². The number of aliphatic hydroxyl groups excluding tert-OH is 1. The molecule has 2 unspecified atom stereocenters. The fraction of sp³-hybridized carbons (Fsp3) is 1.00. The van der Waals surface area contributed by atoms with Gasteiger partial charge in [-0.2, -0.15) is 11.8 Å². The van der Waals surface area contributed by atoms with Crippen LogP contribution in [0.2, 0.25) is 0 Å². The van der Waals surface area contributed by atoms with Gasteiger partial charge in [0.2, 0.25) is 0 Å². The van der Waals surface area contributed by atoms with Gasteiger partial charge in [-0.1, -0.05) is 20.8 Å². The summed E-state index contributed by atoms with van der Waals surface area (Å²) in [4.78, 5) is 0. The molecule has 0 heterocycles. The van der Waals surface area contributed by atoms with Crippen LogP contribution in [0.25, 0.3) is 0 Å². The Labute approximate surface area is 74.6 Å². The van der Waals surface area contributed by atoms with Crippen LogP contribution in [-0.4, -0.2) is 22.2 Å². The zero-order chi connectivity index (χ0) is 8.85. The molecule has 11 heavy (non-hydrogen) atoms. The largest absolute Gasteiger partial charge is 0.393 e. The molecule has 0 radical (unpaired) electrons. The molecule has 68 valence electrons. The summed E-state index contributed by atoms with van der Waals surface area (Å²) in [6.07, 6.45) is 0.781. The van der Waals surface area contributed by atoms with Gasteiger partial charge >= 0.3 is 0 Å². The fourth-order valence-electron chi connectivity index (χ4n) is 0.617. The maximum atomic E-state index is 8.99. The number of thioether (sulfide) groups is 1. The zero-order valence-electron chi connectivity index (χ0n) is 8.00. The lowest BCUT2D eigenvalue weighted by atomic mass is 10.2. The summed E-state index contributed by atoms with van der Waals surface area (Å²) in [5.41, 5.74) is 0. The first kappa shape index (κ1) is 11.3. The summed E-state index contributed by atoms with van der Waals surface area (Å²) < 4.78 is 0. The molecule has 0 saturated carbocycles. The van der Waals surface area contributed by atoms with Crippen molar-refractivity contribution in [2.75, 3.05) is 5.75 Å². The van der Waals surface area contributed by atoms with Gasteiger partial charge in [-0.25, -0.2) is 0 Å². The van der Waals surface area contributed by atoms with Crippen LogP contribution >= 0.6 is 11.8 Å². The first-order valence-electron chi connectivity index (χ1n) is 4.33. The molecule has 0 aromatic rings. The Hall–Kier alpha value is 0.310. The molecule has 0 aromatic carbocycles. The molecule has 0 spiro atoms. The van der Waals surface area contributed by atoms with E-state index >= 15 is 0 Å². The second-order valence-corrected chi connectivity index (χ2v) is 4.94. The van der Waals surface area contributed by atoms with E-state index < -0.39 is 0 Å². The standard InChI is InChI=1S/C9H20OS/c1-7(2)9(4)11-6-5-8(3)10/h7-10H,5-6H2,1-4H3. The number of hydrogen-bond donors (Lipinski definition) is 1. The van der Waals surface area contributed by atoms with Gasteiger partial charge in [0.1, 0.15) is 0 Å². The van der Waals surface area contributed by atoms with E-state index in [4.69, 9.17) is 5.11 Å². The van der Waals surface area contributed by atoms with E-state index in [9.17, 15) is 0 Å². The van der Waals surface area contributed by atoms with Crippen molar-refractivity contribution in [1.29, 1.82) is 0 Å². The van der Waals surface area contributed by atoms with Crippen LogP contribution in [-0.2, 0) is 0 Å². The summed E-state index contributed by atoms with van der Waals surface area (Å²) in [6.45, 7) is 8.57. The molecule has 0 bridgehead atoms. The first-order chi connectivity index (χ1) is 5.04. The highest BCUT2D eigenvalue weighted by Crippen LogP contribution is 2.19. The zero-order valence-corrected chi connectivity index (χ0v) is 8.82. The summed E-state index contributed by atoms with van der Waals surface area (Å²) in [5.74, 6) is 1.82. The van der Waals surface area contributed by atoms with Crippen molar-refractivity contribution in [2.24, 2.45) is 5.92 Å². The Balaban J connectivity index is 3.24. The average molecular weight is 176 g/mol. The molecular weight excluding hydrogens is 156 g/mol. The van der Waals surface area contributed by atoms with Crippen LogP contribution in [0.3, 0.4) is 0 Å². The maximum absolute atomic E-state index is 8.99. The van der Waals surface area contributed by atoms with Crippen LogP contribution in [0.4, 0.5) is 0 Å². The molecule has 0 amide bonds. The van der Waals surface area contributed by atoms with Gasteiger partial charge in [0.25, 0.3) is 0 Å². The third kappa shape index (κ3) is 6.70. The third-order valence-electron chi connectivity index (χ3n) is 1.86. The summed E-state index contributed by atoms with van der Waals surface area (Å²) in [6, 6.07) is 0. The molecule has 0 saturated heterocycles. The summed E-state index contributed by atoms with van der Waals surface area (Å²) in [5, 5.41) is 9.71. The lowest BCUT2D eigenvalue weighted by molar-refractivity contribution is 0.192. The van der Waals surface area contributed by atoms with Crippen LogP contribution in [0.15, 0.2) is 0 Å². The van der Waals surface area contributed by atoms with E-state index in [1.807, 2.05) is 18.7 Å². The van der Waals surface area contributed by atoms with Crippen molar-refractivity contribution in [3.8, 4) is 0 Å². The minimum absolute atomic E-state index is 0.137. The van der Waals surface area contributed by atoms with Gasteiger partial charge in [-0.3, -0.25) is 0 Å². The molecule has 0 aromatic heterocycles. The highest BCUT2D eigenvalue weighted by molar-refractivity contribution is 7.99. The average Bonchev–Trinajstić information content (AvgIpc) is 1.86. The van der Waals surface area contributed by atoms with Crippen molar-refractivity contribution < 1.29 is 5.11 Å². The molecular formula is C9H20OS. The normalized spacial score (nSPS) is 16.9. The van der Waals surface area contributed by atoms with E-state index in [0.717, 1.165) is 18.1 Å². The van der Waals surface area contributed by atoms with Gasteiger partial charge in [-0.05, 0) is 25.0 Å². The third-order valence-corrected chi connectivity index (χ3v) is 3.40. The summed E-state index contributed by atoms with van der Waals surface area (Å²) in [7, 11) is 0. The highest BCUT2D eigenvalue weighted by atomic mass is 32.2. The summed E-state index contributed by atoms with van der Waals surface area (Å²) >= 11 is 1.95.